The number of carbonyl (C=O) groups excluding carboxylic acids is 1. The first-order valence-corrected chi connectivity index (χ1v) is 9.02. The van der Waals surface area contributed by atoms with Gasteiger partial charge in [0.2, 0.25) is 0 Å². The van der Waals surface area contributed by atoms with Gasteiger partial charge in [0.25, 0.3) is 11.5 Å². The van der Waals surface area contributed by atoms with E-state index >= 15 is 0 Å². The first kappa shape index (κ1) is 18.8. The van der Waals surface area contributed by atoms with Crippen LogP contribution in [0.5, 0.6) is 5.75 Å². The number of carbonyl (C=O) groups is 1. The second-order valence-electron chi connectivity index (χ2n) is 6.48. The normalized spacial score (nSPS) is 15.8. The molecule has 2 aromatic rings. The molecule has 142 valence electrons. The number of rotatable bonds is 6. The summed E-state index contributed by atoms with van der Waals surface area (Å²) in [6, 6.07) is 8.86. The van der Waals surface area contributed by atoms with Gasteiger partial charge in [0.1, 0.15) is 17.6 Å². The van der Waals surface area contributed by atoms with E-state index in [4.69, 9.17) is 9.47 Å². The van der Waals surface area contributed by atoms with Gasteiger partial charge in [-0.1, -0.05) is 6.92 Å². The topological polar surface area (TPSA) is 80.4 Å². The Morgan fingerprint density at radius 3 is 2.74 bits per heavy atom. The second-order valence-corrected chi connectivity index (χ2v) is 6.48. The van der Waals surface area contributed by atoms with Crippen molar-refractivity contribution in [1.82, 2.24) is 10.3 Å². The van der Waals surface area contributed by atoms with E-state index in [0.717, 1.165) is 22.6 Å². The van der Waals surface area contributed by atoms with Crippen LogP contribution in [0.2, 0.25) is 0 Å². The molecule has 0 saturated heterocycles. The highest BCUT2D eigenvalue weighted by molar-refractivity contribution is 5.94. The number of methoxy groups -OCH3 is 1. The molecule has 1 atom stereocenters. The van der Waals surface area contributed by atoms with Crippen LogP contribution in [0.3, 0.4) is 0 Å². The number of hydrogen-bond acceptors (Lipinski definition) is 4. The van der Waals surface area contributed by atoms with Gasteiger partial charge in [0, 0.05) is 28.8 Å². The maximum atomic E-state index is 12.3. The number of aryl methyl sites for hydroxylation is 2. The number of aromatic amines is 1. The van der Waals surface area contributed by atoms with Gasteiger partial charge in [-0.25, -0.2) is 0 Å². The molecule has 2 N–H and O–H groups in total. The van der Waals surface area contributed by atoms with Crippen molar-refractivity contribution in [2.75, 3.05) is 13.7 Å². The first-order valence-electron chi connectivity index (χ1n) is 9.02. The van der Waals surface area contributed by atoms with Crippen molar-refractivity contribution in [3.05, 3.63) is 74.9 Å². The third-order valence-electron chi connectivity index (χ3n) is 4.71. The summed E-state index contributed by atoms with van der Waals surface area (Å²) < 4.78 is 11.1. The van der Waals surface area contributed by atoms with E-state index in [1.165, 1.54) is 0 Å². The van der Waals surface area contributed by atoms with Crippen molar-refractivity contribution >= 4 is 5.91 Å². The Morgan fingerprint density at radius 1 is 1.33 bits per heavy atom. The number of amides is 1. The van der Waals surface area contributed by atoms with Crippen molar-refractivity contribution in [2.24, 2.45) is 0 Å². The number of nitrogens with one attached hydrogen (secondary N) is 2. The number of aromatic nitrogens is 1. The summed E-state index contributed by atoms with van der Waals surface area (Å²) in [7, 11) is 1.59. The highest BCUT2D eigenvalue weighted by Crippen LogP contribution is 2.32. The molecule has 2 heterocycles. The molecule has 0 aliphatic carbocycles. The third-order valence-corrected chi connectivity index (χ3v) is 4.71. The Morgan fingerprint density at radius 2 is 2.07 bits per heavy atom. The molecule has 1 aliphatic rings. The summed E-state index contributed by atoms with van der Waals surface area (Å²) in [4.78, 5) is 27.0. The first-order chi connectivity index (χ1) is 13.0. The van der Waals surface area contributed by atoms with Crippen molar-refractivity contribution in [3.8, 4) is 5.75 Å². The Bertz CT molecular complexity index is 913. The summed E-state index contributed by atoms with van der Waals surface area (Å²) >= 11 is 0. The molecule has 1 aromatic heterocycles. The van der Waals surface area contributed by atoms with Crippen LogP contribution >= 0.6 is 0 Å². The van der Waals surface area contributed by atoms with Gasteiger partial charge in [-0.15, -0.1) is 0 Å². The van der Waals surface area contributed by atoms with Crippen LogP contribution in [-0.4, -0.2) is 24.5 Å². The number of hydrogen-bond donors (Lipinski definition) is 2. The maximum Gasteiger partial charge on any atom is 0.251 e. The molecule has 0 spiro atoms. The number of ether oxygens (including phenoxy) is 2. The van der Waals surface area contributed by atoms with Crippen LogP contribution in [0, 0.1) is 6.92 Å². The molecule has 6 nitrogen and oxygen atoms in total. The fourth-order valence-corrected chi connectivity index (χ4v) is 3.11. The lowest BCUT2D eigenvalue weighted by Crippen LogP contribution is -2.26. The summed E-state index contributed by atoms with van der Waals surface area (Å²) in [6.45, 7) is 4.16. The van der Waals surface area contributed by atoms with Gasteiger partial charge in [-0.3, -0.25) is 9.59 Å². The largest absolute Gasteiger partial charge is 0.497 e. The van der Waals surface area contributed by atoms with Crippen molar-refractivity contribution < 1.29 is 14.3 Å². The minimum Gasteiger partial charge on any atom is -0.497 e. The molecule has 27 heavy (non-hydrogen) atoms. The van der Waals surface area contributed by atoms with Gasteiger partial charge >= 0.3 is 0 Å². The summed E-state index contributed by atoms with van der Waals surface area (Å²) in [5.74, 6) is 1.27. The molecule has 0 fully saturated rings. The minimum absolute atomic E-state index is 0.0447. The van der Waals surface area contributed by atoms with E-state index in [1.807, 2.05) is 26.0 Å². The van der Waals surface area contributed by atoms with Crippen LogP contribution in [-0.2, 0) is 11.2 Å². The third kappa shape index (κ3) is 4.22. The van der Waals surface area contributed by atoms with E-state index < -0.39 is 0 Å². The monoisotopic (exact) mass is 368 g/mol. The number of pyridine rings is 1. The van der Waals surface area contributed by atoms with E-state index in [0.29, 0.717) is 30.7 Å². The summed E-state index contributed by atoms with van der Waals surface area (Å²) in [6.07, 6.45) is 3.23. The predicted octanol–water partition coefficient (Wildman–Crippen LogP) is 3.03. The highest BCUT2D eigenvalue weighted by atomic mass is 16.5. The molecule has 3 rings (SSSR count). The van der Waals surface area contributed by atoms with Gasteiger partial charge in [-0.2, -0.15) is 0 Å². The zero-order valence-corrected chi connectivity index (χ0v) is 15.8. The molecule has 1 aliphatic heterocycles. The maximum absolute atomic E-state index is 12.3. The molecule has 0 saturated carbocycles. The second kappa shape index (κ2) is 8.12. The van der Waals surface area contributed by atoms with E-state index in [9.17, 15) is 9.59 Å². The fourth-order valence-electron chi connectivity index (χ4n) is 3.11. The van der Waals surface area contributed by atoms with Gasteiger partial charge in [-0.05, 0) is 49.8 Å². The van der Waals surface area contributed by atoms with E-state index in [1.54, 1.807) is 31.4 Å². The SMILES string of the molecule is CCc1cc(C2CC=C(CNC(=O)c3ccc(OC)cc3)O2)c(C)[nH]c1=O. The fraction of sp³-hybridized carbons (Fsp3) is 0.333. The van der Waals surface area contributed by atoms with Gasteiger partial charge in [0.15, 0.2) is 0 Å². The van der Waals surface area contributed by atoms with Crippen LogP contribution < -0.4 is 15.6 Å². The Kier molecular flexibility index (Phi) is 5.64. The molecule has 1 amide bonds. The standard InChI is InChI=1S/C21H24N2O4/c1-4-14-11-18(13(2)23-21(14)25)19-10-9-17(27-19)12-22-20(24)15-5-7-16(26-3)8-6-15/h5-9,11,19H,4,10,12H2,1-3H3,(H,22,24)(H,23,25). The lowest BCUT2D eigenvalue weighted by atomic mass is 10.0. The zero-order chi connectivity index (χ0) is 19.4. The molecular formula is C21H24N2O4. The quantitative estimate of drug-likeness (QED) is 0.821. The molecular weight excluding hydrogens is 344 g/mol. The number of benzene rings is 1. The molecule has 6 heteroatoms. The molecule has 1 unspecified atom stereocenters. The van der Waals surface area contributed by atoms with Crippen LogP contribution in [0.15, 0.2) is 47.0 Å². The molecule has 0 radical (unpaired) electrons. The average molecular weight is 368 g/mol. The molecule has 1 aromatic carbocycles. The van der Waals surface area contributed by atoms with Crippen molar-refractivity contribution in [2.45, 2.75) is 32.8 Å². The van der Waals surface area contributed by atoms with Crippen molar-refractivity contribution in [1.29, 1.82) is 0 Å². The lowest BCUT2D eigenvalue weighted by Gasteiger charge is -2.17. The summed E-state index contributed by atoms with van der Waals surface area (Å²) in [5, 5.41) is 2.87. The minimum atomic E-state index is -0.168. The predicted molar refractivity (Wildman–Crippen MR) is 103 cm³/mol. The Labute approximate surface area is 158 Å². The summed E-state index contributed by atoms with van der Waals surface area (Å²) in [5.41, 5.74) is 3.07. The van der Waals surface area contributed by atoms with E-state index in [2.05, 4.69) is 10.3 Å². The molecule has 0 bridgehead atoms. The smallest absolute Gasteiger partial charge is 0.251 e. The Hall–Kier alpha value is -3.02. The van der Waals surface area contributed by atoms with Crippen LogP contribution in [0.1, 0.15) is 46.6 Å². The Balaban J connectivity index is 1.59. The zero-order valence-electron chi connectivity index (χ0n) is 15.8. The van der Waals surface area contributed by atoms with Crippen LogP contribution in [0.4, 0.5) is 0 Å². The average Bonchev–Trinajstić information content (AvgIpc) is 3.15. The van der Waals surface area contributed by atoms with Gasteiger partial charge < -0.3 is 19.8 Å². The van der Waals surface area contributed by atoms with E-state index in [-0.39, 0.29) is 17.6 Å². The van der Waals surface area contributed by atoms with Crippen LogP contribution in [0.25, 0.3) is 0 Å². The van der Waals surface area contributed by atoms with Crippen molar-refractivity contribution in [3.63, 3.8) is 0 Å². The lowest BCUT2D eigenvalue weighted by molar-refractivity contribution is 0.0934. The number of H-pyrrole nitrogens is 1. The highest BCUT2D eigenvalue weighted by Gasteiger charge is 2.23. The van der Waals surface area contributed by atoms with Gasteiger partial charge in [0.05, 0.1) is 13.7 Å².